The summed E-state index contributed by atoms with van der Waals surface area (Å²) < 4.78 is 68.5. The summed E-state index contributed by atoms with van der Waals surface area (Å²) in [6, 6.07) is 12.2. The van der Waals surface area contributed by atoms with Crippen LogP contribution in [-0.2, 0) is 16.5 Å². The normalized spacial score (nSPS) is 12.3. The predicted octanol–water partition coefficient (Wildman–Crippen LogP) is 3.61. The highest BCUT2D eigenvalue weighted by atomic mass is 32.2. The van der Waals surface area contributed by atoms with Gasteiger partial charge < -0.3 is 8.60 Å². The van der Waals surface area contributed by atoms with Crippen molar-refractivity contribution < 1.29 is 30.2 Å². The van der Waals surface area contributed by atoms with Crippen molar-refractivity contribution >= 4 is 21.1 Å². The van der Waals surface area contributed by atoms with Crippen molar-refractivity contribution in [3.63, 3.8) is 0 Å². The minimum Gasteiger partial charge on any atom is -0.464 e. The Hall–Kier alpha value is -2.81. The van der Waals surface area contributed by atoms with Crippen LogP contribution in [0.25, 0.3) is 11.0 Å². The van der Waals surface area contributed by atoms with E-state index in [1.165, 1.54) is 6.26 Å². The maximum atomic E-state index is 12.5. The van der Waals surface area contributed by atoms with E-state index < -0.39 is 21.4 Å². The van der Waals surface area contributed by atoms with Crippen LogP contribution < -0.4 is 9.61 Å². The molecule has 136 valence electrons. The maximum absolute atomic E-state index is 12.5. The summed E-state index contributed by atoms with van der Waals surface area (Å²) in [5.41, 5.74) is -4.75. The number of hydrogen-bond donors (Lipinski definition) is 0. The Bertz CT molecular complexity index is 1100. The molecule has 0 amide bonds. The summed E-state index contributed by atoms with van der Waals surface area (Å²) in [6.45, 7) is 0. The maximum Gasteiger partial charge on any atom is 0.534 e. The Morgan fingerprint density at radius 1 is 1.04 bits per heavy atom. The van der Waals surface area contributed by atoms with E-state index in [4.69, 9.17) is 4.42 Å². The van der Waals surface area contributed by atoms with Crippen molar-refractivity contribution in [3.8, 4) is 5.75 Å². The minimum absolute atomic E-state index is 0.0818. The van der Waals surface area contributed by atoms with Gasteiger partial charge in [-0.15, -0.1) is 0 Å². The molecule has 26 heavy (non-hydrogen) atoms. The lowest BCUT2D eigenvalue weighted by molar-refractivity contribution is -0.0500. The van der Waals surface area contributed by atoms with Gasteiger partial charge in [0, 0.05) is 18.1 Å². The first-order chi connectivity index (χ1) is 12.2. The summed E-state index contributed by atoms with van der Waals surface area (Å²) in [5, 5.41) is 0.107. The van der Waals surface area contributed by atoms with Gasteiger partial charge in [-0.2, -0.15) is 21.6 Å². The average molecular weight is 384 g/mol. The summed E-state index contributed by atoms with van der Waals surface area (Å²) in [4.78, 5) is 12.5. The fourth-order valence-corrected chi connectivity index (χ4v) is 2.76. The molecule has 0 radical (unpaired) electrons. The zero-order valence-corrected chi connectivity index (χ0v) is 13.8. The zero-order chi connectivity index (χ0) is 18.9. The zero-order valence-electron chi connectivity index (χ0n) is 13.0. The number of benzene rings is 2. The fraction of sp³-hybridized carbons (Fsp3) is 0.118. The first-order valence-corrected chi connectivity index (χ1v) is 8.67. The molecule has 0 unspecified atom stereocenters. The SMILES string of the molecule is O=c1c(Cc2ccccc2)coc2cc(OS(=O)(=O)C(F)(F)F)ccc12. The molecule has 0 fully saturated rings. The van der Waals surface area contributed by atoms with E-state index in [0.29, 0.717) is 12.0 Å². The first kappa shape index (κ1) is 18.0. The quantitative estimate of drug-likeness (QED) is 0.508. The van der Waals surface area contributed by atoms with Gasteiger partial charge in [0.05, 0.1) is 11.6 Å². The minimum atomic E-state index is -5.80. The summed E-state index contributed by atoms with van der Waals surface area (Å²) in [5.74, 6) is -0.603. The van der Waals surface area contributed by atoms with Crippen LogP contribution >= 0.6 is 0 Å². The molecule has 0 spiro atoms. The van der Waals surface area contributed by atoms with Crippen LogP contribution in [0.3, 0.4) is 0 Å². The third-order valence-electron chi connectivity index (χ3n) is 3.54. The molecule has 3 rings (SSSR count). The van der Waals surface area contributed by atoms with Crippen LogP contribution in [-0.4, -0.2) is 13.9 Å². The fourth-order valence-electron chi connectivity index (χ4n) is 2.31. The predicted molar refractivity (Wildman–Crippen MR) is 87.3 cm³/mol. The van der Waals surface area contributed by atoms with Crippen molar-refractivity contribution in [2.45, 2.75) is 11.9 Å². The molecule has 2 aromatic carbocycles. The Morgan fingerprint density at radius 2 is 1.73 bits per heavy atom. The molecule has 0 saturated heterocycles. The standard InChI is InChI=1S/C17H11F3O5S/c18-17(19,20)26(22,23)25-13-6-7-14-15(9-13)24-10-12(16(14)21)8-11-4-2-1-3-5-11/h1-7,9-10H,8H2. The molecule has 0 N–H and O–H groups in total. The molecule has 1 aromatic heterocycles. The number of halogens is 3. The van der Waals surface area contributed by atoms with Crippen LogP contribution in [0.2, 0.25) is 0 Å². The third kappa shape index (κ3) is 3.57. The van der Waals surface area contributed by atoms with Gasteiger partial charge in [0.1, 0.15) is 11.3 Å². The van der Waals surface area contributed by atoms with Crippen molar-refractivity contribution in [2.75, 3.05) is 0 Å². The van der Waals surface area contributed by atoms with Gasteiger partial charge in [0.25, 0.3) is 0 Å². The number of hydrogen-bond acceptors (Lipinski definition) is 5. The molecular formula is C17H11F3O5S. The van der Waals surface area contributed by atoms with Crippen molar-refractivity contribution in [3.05, 3.63) is 76.1 Å². The molecule has 0 aliphatic rings. The van der Waals surface area contributed by atoms with Crippen LogP contribution in [0, 0.1) is 0 Å². The molecule has 0 bridgehead atoms. The Balaban J connectivity index is 1.95. The van der Waals surface area contributed by atoms with E-state index in [2.05, 4.69) is 4.18 Å². The average Bonchev–Trinajstić information content (AvgIpc) is 2.57. The molecule has 0 saturated carbocycles. The van der Waals surface area contributed by atoms with Gasteiger partial charge in [-0.25, -0.2) is 0 Å². The monoisotopic (exact) mass is 384 g/mol. The van der Waals surface area contributed by atoms with Crippen LogP contribution in [0.5, 0.6) is 5.75 Å². The van der Waals surface area contributed by atoms with E-state index in [9.17, 15) is 26.4 Å². The number of rotatable bonds is 4. The third-order valence-corrected chi connectivity index (χ3v) is 4.52. The Labute approximate surface area is 145 Å². The molecule has 5 nitrogen and oxygen atoms in total. The van der Waals surface area contributed by atoms with E-state index >= 15 is 0 Å². The lowest BCUT2D eigenvalue weighted by Gasteiger charge is -2.09. The highest BCUT2D eigenvalue weighted by Crippen LogP contribution is 2.28. The van der Waals surface area contributed by atoms with Crippen molar-refractivity contribution in [2.24, 2.45) is 0 Å². The van der Waals surface area contributed by atoms with E-state index in [1.807, 2.05) is 30.3 Å². The lowest BCUT2D eigenvalue weighted by atomic mass is 10.1. The summed E-state index contributed by atoms with van der Waals surface area (Å²) >= 11 is 0. The second kappa shape index (κ2) is 6.49. The number of alkyl halides is 3. The highest BCUT2D eigenvalue weighted by molar-refractivity contribution is 7.88. The second-order valence-corrected chi connectivity index (χ2v) is 6.93. The van der Waals surface area contributed by atoms with Gasteiger partial charge in [-0.1, -0.05) is 30.3 Å². The summed E-state index contributed by atoms with van der Waals surface area (Å²) in [7, 11) is -5.80. The lowest BCUT2D eigenvalue weighted by Crippen LogP contribution is -2.28. The van der Waals surface area contributed by atoms with Gasteiger partial charge in [-0.05, 0) is 17.7 Å². The van der Waals surface area contributed by atoms with Crippen LogP contribution in [0.15, 0.2) is 64.0 Å². The van der Waals surface area contributed by atoms with Gasteiger partial charge >= 0.3 is 15.6 Å². The molecule has 0 aliphatic carbocycles. The van der Waals surface area contributed by atoms with Crippen molar-refractivity contribution in [1.82, 2.24) is 0 Å². The molecule has 3 aromatic rings. The van der Waals surface area contributed by atoms with Gasteiger partial charge in [0.2, 0.25) is 0 Å². The van der Waals surface area contributed by atoms with E-state index in [-0.39, 0.29) is 16.4 Å². The topological polar surface area (TPSA) is 73.6 Å². The van der Waals surface area contributed by atoms with Crippen LogP contribution in [0.1, 0.15) is 11.1 Å². The summed E-state index contributed by atoms with van der Waals surface area (Å²) in [6.07, 6.45) is 1.51. The second-order valence-electron chi connectivity index (χ2n) is 5.39. The number of fused-ring (bicyclic) bond motifs is 1. The molecule has 1 heterocycles. The smallest absolute Gasteiger partial charge is 0.464 e. The first-order valence-electron chi connectivity index (χ1n) is 7.26. The molecule has 9 heteroatoms. The molecule has 0 aliphatic heterocycles. The van der Waals surface area contributed by atoms with Crippen molar-refractivity contribution in [1.29, 1.82) is 0 Å². The van der Waals surface area contributed by atoms with E-state index in [0.717, 1.165) is 23.8 Å². The van der Waals surface area contributed by atoms with Gasteiger partial charge in [0.15, 0.2) is 5.43 Å². The Kier molecular flexibility index (Phi) is 4.49. The largest absolute Gasteiger partial charge is 0.534 e. The molecular weight excluding hydrogens is 373 g/mol. The molecule has 0 atom stereocenters. The Morgan fingerprint density at radius 3 is 2.38 bits per heavy atom. The highest BCUT2D eigenvalue weighted by Gasteiger charge is 2.48. The van der Waals surface area contributed by atoms with Gasteiger partial charge in [-0.3, -0.25) is 4.79 Å². The van der Waals surface area contributed by atoms with Crippen LogP contribution in [0.4, 0.5) is 13.2 Å². The van der Waals surface area contributed by atoms with E-state index in [1.54, 1.807) is 0 Å².